The number of rotatable bonds is 5. The molecule has 1 atom stereocenters. The zero-order valence-electron chi connectivity index (χ0n) is 16.2. The highest BCUT2D eigenvalue weighted by Gasteiger charge is 2.48. The minimum Gasteiger partial charge on any atom is -0.507 e. The number of aliphatic hydroxyl groups excluding tert-OH is 1. The van der Waals surface area contributed by atoms with Crippen LogP contribution in [0.4, 0.5) is 5.13 Å². The summed E-state index contributed by atoms with van der Waals surface area (Å²) >= 11 is 1.23. The van der Waals surface area contributed by atoms with Gasteiger partial charge in [-0.25, -0.2) is 4.98 Å². The molecule has 0 saturated carbocycles. The van der Waals surface area contributed by atoms with Crippen LogP contribution < -0.4 is 14.4 Å². The van der Waals surface area contributed by atoms with Gasteiger partial charge in [0, 0.05) is 17.1 Å². The van der Waals surface area contributed by atoms with Crippen molar-refractivity contribution < 1.29 is 24.2 Å². The van der Waals surface area contributed by atoms with Gasteiger partial charge in [-0.15, -0.1) is 11.3 Å². The maximum Gasteiger partial charge on any atom is 0.301 e. The van der Waals surface area contributed by atoms with Gasteiger partial charge in [0.2, 0.25) is 0 Å². The van der Waals surface area contributed by atoms with E-state index in [-0.39, 0.29) is 11.3 Å². The predicted molar refractivity (Wildman–Crippen MR) is 113 cm³/mol. The Balaban J connectivity index is 1.95. The molecule has 0 aliphatic carbocycles. The average Bonchev–Trinajstić information content (AvgIpc) is 3.40. The van der Waals surface area contributed by atoms with Crippen molar-refractivity contribution in [2.75, 3.05) is 19.1 Å². The lowest BCUT2D eigenvalue weighted by atomic mass is 9.95. The first-order valence-electron chi connectivity index (χ1n) is 9.04. The first-order chi connectivity index (χ1) is 14.6. The summed E-state index contributed by atoms with van der Waals surface area (Å²) in [5.74, 6) is -0.809. The van der Waals surface area contributed by atoms with E-state index >= 15 is 0 Å². The number of carbonyl (C=O) groups excluding carboxylic acids is 2. The van der Waals surface area contributed by atoms with E-state index in [4.69, 9.17) is 9.47 Å². The zero-order chi connectivity index (χ0) is 21.3. The molecular formula is C22H18N2O5S. The molecule has 0 spiro atoms. The Labute approximate surface area is 176 Å². The molecule has 4 rings (SSSR count). The second-order valence-electron chi connectivity index (χ2n) is 6.46. The number of amides is 1. The summed E-state index contributed by atoms with van der Waals surface area (Å²) in [7, 11) is 3.03. The van der Waals surface area contributed by atoms with Gasteiger partial charge in [0.05, 0.1) is 25.8 Å². The number of hydrogen-bond donors (Lipinski definition) is 1. The topological polar surface area (TPSA) is 89.0 Å². The Morgan fingerprint density at radius 1 is 1.07 bits per heavy atom. The van der Waals surface area contributed by atoms with E-state index < -0.39 is 17.7 Å². The van der Waals surface area contributed by atoms with Crippen LogP contribution in [0.2, 0.25) is 0 Å². The van der Waals surface area contributed by atoms with Gasteiger partial charge < -0.3 is 14.6 Å². The molecule has 1 aromatic heterocycles. The largest absolute Gasteiger partial charge is 0.507 e. The zero-order valence-corrected chi connectivity index (χ0v) is 17.1. The number of anilines is 1. The van der Waals surface area contributed by atoms with Crippen LogP contribution in [0, 0.1) is 0 Å². The first-order valence-corrected chi connectivity index (χ1v) is 9.92. The number of ether oxygens (including phenoxy) is 2. The fourth-order valence-corrected chi connectivity index (χ4v) is 4.12. The molecule has 0 radical (unpaired) electrons. The Bertz CT molecular complexity index is 1130. The van der Waals surface area contributed by atoms with Crippen LogP contribution in [0.25, 0.3) is 5.76 Å². The molecule has 8 heteroatoms. The summed E-state index contributed by atoms with van der Waals surface area (Å²) in [5, 5.41) is 13.1. The molecule has 3 aromatic rings. The molecule has 0 bridgehead atoms. The van der Waals surface area contributed by atoms with Crippen molar-refractivity contribution in [1.29, 1.82) is 0 Å². The number of thiazole rings is 1. The number of carbonyl (C=O) groups is 2. The van der Waals surface area contributed by atoms with Crippen LogP contribution in [0.1, 0.15) is 17.2 Å². The SMILES string of the molecule is COc1ccc([C@@H]2/C(=C(\O)c3ccccc3)C(=O)C(=O)N2c2nccs2)cc1OC. The van der Waals surface area contributed by atoms with Crippen molar-refractivity contribution in [3.05, 3.63) is 76.8 Å². The fraction of sp³-hybridized carbons (Fsp3) is 0.136. The Kier molecular flexibility index (Phi) is 5.24. The van der Waals surface area contributed by atoms with Crippen molar-refractivity contribution in [2.24, 2.45) is 0 Å². The van der Waals surface area contributed by atoms with Crippen LogP contribution in [0.3, 0.4) is 0 Å². The van der Waals surface area contributed by atoms with Gasteiger partial charge in [-0.3, -0.25) is 14.5 Å². The third-order valence-electron chi connectivity index (χ3n) is 4.84. The highest BCUT2D eigenvalue weighted by molar-refractivity contribution is 7.14. The summed E-state index contributed by atoms with van der Waals surface area (Å²) < 4.78 is 10.7. The molecule has 1 fully saturated rings. The molecule has 7 nitrogen and oxygen atoms in total. The van der Waals surface area contributed by atoms with Crippen molar-refractivity contribution in [1.82, 2.24) is 4.98 Å². The van der Waals surface area contributed by atoms with E-state index in [1.807, 2.05) is 0 Å². The highest BCUT2D eigenvalue weighted by atomic mass is 32.1. The normalized spacial score (nSPS) is 17.9. The Hall–Kier alpha value is -3.65. The number of nitrogens with zero attached hydrogens (tertiary/aromatic N) is 2. The molecule has 1 saturated heterocycles. The second kappa shape index (κ2) is 8.00. The van der Waals surface area contributed by atoms with E-state index in [2.05, 4.69) is 4.98 Å². The van der Waals surface area contributed by atoms with E-state index in [1.165, 1.54) is 30.5 Å². The van der Waals surface area contributed by atoms with Gasteiger partial charge in [-0.2, -0.15) is 0 Å². The molecule has 2 heterocycles. The number of aliphatic hydroxyl groups is 1. The first kappa shape index (κ1) is 19.7. The van der Waals surface area contributed by atoms with Crippen LogP contribution in [0.15, 0.2) is 65.7 Å². The predicted octanol–water partition coefficient (Wildman–Crippen LogP) is 3.79. The van der Waals surface area contributed by atoms with Gasteiger partial charge in [-0.05, 0) is 17.7 Å². The molecule has 1 aliphatic heterocycles. The number of ketones is 1. The number of aromatic nitrogens is 1. The van der Waals surface area contributed by atoms with E-state index in [0.717, 1.165) is 0 Å². The lowest BCUT2D eigenvalue weighted by molar-refractivity contribution is -0.132. The monoisotopic (exact) mass is 422 g/mol. The Morgan fingerprint density at radius 3 is 2.43 bits per heavy atom. The summed E-state index contributed by atoms with van der Waals surface area (Å²) in [5.41, 5.74) is 1.02. The average molecular weight is 422 g/mol. The molecule has 1 amide bonds. The van der Waals surface area contributed by atoms with Gasteiger partial charge >= 0.3 is 5.91 Å². The summed E-state index contributed by atoms with van der Waals surface area (Å²) in [6.45, 7) is 0. The van der Waals surface area contributed by atoms with Gasteiger partial charge in [0.15, 0.2) is 16.6 Å². The fourth-order valence-electron chi connectivity index (χ4n) is 3.45. The third kappa shape index (κ3) is 3.21. The smallest absolute Gasteiger partial charge is 0.301 e. The van der Waals surface area contributed by atoms with Gasteiger partial charge in [0.25, 0.3) is 5.78 Å². The summed E-state index contributed by atoms with van der Waals surface area (Å²) in [6.07, 6.45) is 1.56. The molecule has 2 aromatic carbocycles. The van der Waals surface area contributed by atoms with Crippen LogP contribution >= 0.6 is 11.3 Å². The lowest BCUT2D eigenvalue weighted by Gasteiger charge is -2.23. The van der Waals surface area contributed by atoms with Crippen molar-refractivity contribution in [3.8, 4) is 11.5 Å². The van der Waals surface area contributed by atoms with Crippen molar-refractivity contribution in [3.63, 3.8) is 0 Å². The second-order valence-corrected chi connectivity index (χ2v) is 7.34. The van der Waals surface area contributed by atoms with Crippen LogP contribution in [-0.2, 0) is 9.59 Å². The molecule has 30 heavy (non-hydrogen) atoms. The number of benzene rings is 2. The quantitative estimate of drug-likeness (QED) is 0.382. The third-order valence-corrected chi connectivity index (χ3v) is 5.61. The van der Waals surface area contributed by atoms with Gasteiger partial charge in [0.1, 0.15) is 5.76 Å². The maximum absolute atomic E-state index is 13.0. The number of Topliss-reactive ketones (excluding diaryl/α,β-unsaturated/α-hetero) is 1. The number of hydrogen-bond acceptors (Lipinski definition) is 7. The molecular weight excluding hydrogens is 404 g/mol. The molecule has 1 aliphatic rings. The minimum atomic E-state index is -0.865. The van der Waals surface area contributed by atoms with Crippen LogP contribution in [0.5, 0.6) is 11.5 Å². The maximum atomic E-state index is 13.0. The number of methoxy groups -OCH3 is 2. The molecule has 1 N–H and O–H groups in total. The Morgan fingerprint density at radius 2 is 1.80 bits per heavy atom. The molecule has 0 unspecified atom stereocenters. The van der Waals surface area contributed by atoms with Crippen LogP contribution in [-0.4, -0.2) is 36.0 Å². The van der Waals surface area contributed by atoms with Gasteiger partial charge in [-0.1, -0.05) is 36.4 Å². The highest BCUT2D eigenvalue weighted by Crippen LogP contribution is 2.44. The molecule has 152 valence electrons. The van der Waals surface area contributed by atoms with E-state index in [0.29, 0.717) is 27.8 Å². The standard InChI is InChI=1S/C22H18N2O5S/c1-28-15-9-8-14(12-16(15)29-2)18-17(19(25)13-6-4-3-5-7-13)20(26)21(27)24(18)22-23-10-11-30-22/h3-12,18,25H,1-2H3/b19-17+/t18-/m1/s1. The van der Waals surface area contributed by atoms with E-state index in [9.17, 15) is 14.7 Å². The van der Waals surface area contributed by atoms with Crippen molar-refractivity contribution >= 4 is 33.9 Å². The summed E-state index contributed by atoms with van der Waals surface area (Å²) in [6, 6.07) is 12.9. The summed E-state index contributed by atoms with van der Waals surface area (Å²) in [4.78, 5) is 31.5. The minimum absolute atomic E-state index is 0.00591. The van der Waals surface area contributed by atoms with E-state index in [1.54, 1.807) is 60.1 Å². The lowest BCUT2D eigenvalue weighted by Crippen LogP contribution is -2.29. The van der Waals surface area contributed by atoms with Crippen molar-refractivity contribution in [2.45, 2.75) is 6.04 Å².